The van der Waals surface area contributed by atoms with Crippen LogP contribution in [0.25, 0.3) is 0 Å². The van der Waals surface area contributed by atoms with Gasteiger partial charge in [-0.15, -0.1) is 0 Å². The van der Waals surface area contributed by atoms with Crippen molar-refractivity contribution in [1.82, 2.24) is 9.88 Å². The van der Waals surface area contributed by atoms with Gasteiger partial charge in [-0.1, -0.05) is 12.2 Å². The molecule has 0 amide bonds. The average molecular weight is 292 g/mol. The minimum atomic E-state index is 0.442. The van der Waals surface area contributed by atoms with Crippen LogP contribution in [0.1, 0.15) is 29.8 Å². The lowest BCUT2D eigenvalue weighted by Crippen LogP contribution is -2.45. The molecule has 0 spiro atoms. The van der Waals surface area contributed by atoms with E-state index in [0.29, 0.717) is 11.0 Å². The Morgan fingerprint density at radius 3 is 2.75 bits per heavy atom. The molecule has 0 bridgehead atoms. The molecule has 2 heterocycles. The smallest absolute Gasteiger partial charge is 0.107 e. The molecule has 0 radical (unpaired) electrons. The van der Waals surface area contributed by atoms with Gasteiger partial charge < -0.3 is 15.5 Å². The van der Waals surface area contributed by atoms with Gasteiger partial charge in [-0.25, -0.2) is 0 Å². The van der Waals surface area contributed by atoms with Gasteiger partial charge in [0.25, 0.3) is 0 Å². The number of likely N-dealkylation sites (N-methyl/N-ethyl adjacent to an activating group) is 1. The molecule has 5 heteroatoms. The van der Waals surface area contributed by atoms with Crippen LogP contribution >= 0.6 is 12.2 Å². The summed E-state index contributed by atoms with van der Waals surface area (Å²) in [5, 5.41) is 0. The first-order valence-corrected chi connectivity index (χ1v) is 7.50. The van der Waals surface area contributed by atoms with Crippen molar-refractivity contribution >= 4 is 22.9 Å². The predicted octanol–water partition coefficient (Wildman–Crippen LogP) is 1.86. The van der Waals surface area contributed by atoms with Crippen LogP contribution in [0.5, 0.6) is 0 Å². The van der Waals surface area contributed by atoms with Crippen molar-refractivity contribution in [3.8, 4) is 0 Å². The number of aromatic nitrogens is 1. The summed E-state index contributed by atoms with van der Waals surface area (Å²) in [6.45, 7) is 6.08. The zero-order chi connectivity index (χ0) is 14.9. The van der Waals surface area contributed by atoms with Gasteiger partial charge in [0.1, 0.15) is 4.99 Å². The molecule has 20 heavy (non-hydrogen) atoms. The number of thiocarbonyl (C=S) groups is 1. The summed E-state index contributed by atoms with van der Waals surface area (Å²) in [5.74, 6) is 0. The van der Waals surface area contributed by atoms with Crippen molar-refractivity contribution in [3.05, 3.63) is 23.0 Å². The SMILES string of the molecule is Cc1cc(N2CCCC(N(C)C)C2)c(C(N)=S)c(C)n1. The molecule has 110 valence electrons. The molecule has 1 saturated heterocycles. The molecule has 1 aliphatic heterocycles. The lowest BCUT2D eigenvalue weighted by atomic mass is 10.0. The number of rotatable bonds is 3. The summed E-state index contributed by atoms with van der Waals surface area (Å²) in [6, 6.07) is 2.69. The van der Waals surface area contributed by atoms with Crippen LogP contribution in [-0.4, -0.2) is 48.1 Å². The maximum Gasteiger partial charge on any atom is 0.107 e. The Kier molecular flexibility index (Phi) is 4.60. The standard InChI is InChI=1S/C15H24N4S/c1-10-8-13(14(15(16)20)11(2)17-10)19-7-5-6-12(9-19)18(3)4/h8,12H,5-7,9H2,1-4H3,(H2,16,20). The van der Waals surface area contributed by atoms with E-state index in [4.69, 9.17) is 18.0 Å². The summed E-state index contributed by atoms with van der Waals surface area (Å²) in [7, 11) is 4.29. The van der Waals surface area contributed by atoms with E-state index < -0.39 is 0 Å². The van der Waals surface area contributed by atoms with Gasteiger partial charge in [-0.2, -0.15) is 0 Å². The van der Waals surface area contributed by atoms with Crippen molar-refractivity contribution in [3.63, 3.8) is 0 Å². The molecular weight excluding hydrogens is 268 g/mol. The number of piperidine rings is 1. The van der Waals surface area contributed by atoms with E-state index in [1.165, 1.54) is 12.8 Å². The van der Waals surface area contributed by atoms with Gasteiger partial charge in [0.05, 0.1) is 11.3 Å². The highest BCUT2D eigenvalue weighted by Gasteiger charge is 2.24. The molecule has 1 atom stereocenters. The average Bonchev–Trinajstić information content (AvgIpc) is 2.37. The Bertz CT molecular complexity index is 513. The van der Waals surface area contributed by atoms with Crippen LogP contribution in [0, 0.1) is 13.8 Å². The quantitative estimate of drug-likeness (QED) is 0.862. The molecule has 0 aromatic carbocycles. The van der Waals surface area contributed by atoms with Crippen molar-refractivity contribution in [2.75, 3.05) is 32.1 Å². The van der Waals surface area contributed by atoms with Gasteiger partial charge >= 0.3 is 0 Å². The summed E-state index contributed by atoms with van der Waals surface area (Å²) in [6.07, 6.45) is 2.44. The summed E-state index contributed by atoms with van der Waals surface area (Å²) < 4.78 is 0. The second-order valence-corrected chi connectivity index (χ2v) is 6.25. The van der Waals surface area contributed by atoms with Crippen molar-refractivity contribution in [2.24, 2.45) is 5.73 Å². The molecule has 1 aromatic rings. The van der Waals surface area contributed by atoms with Crippen LogP contribution < -0.4 is 10.6 Å². The normalized spacial score (nSPS) is 19.4. The number of nitrogens with two attached hydrogens (primary N) is 1. The summed E-state index contributed by atoms with van der Waals surface area (Å²) >= 11 is 5.23. The van der Waals surface area contributed by atoms with Crippen LogP contribution in [0.3, 0.4) is 0 Å². The third-order valence-corrected chi connectivity index (χ3v) is 4.23. The van der Waals surface area contributed by atoms with Gasteiger partial charge in [-0.05, 0) is 46.9 Å². The Morgan fingerprint density at radius 2 is 2.15 bits per heavy atom. The fourth-order valence-corrected chi connectivity index (χ4v) is 3.21. The van der Waals surface area contributed by atoms with E-state index in [2.05, 4.69) is 34.9 Å². The number of anilines is 1. The van der Waals surface area contributed by atoms with Crippen LogP contribution in [0.15, 0.2) is 6.07 Å². The third kappa shape index (κ3) is 3.10. The predicted molar refractivity (Wildman–Crippen MR) is 88.5 cm³/mol. The topological polar surface area (TPSA) is 45.4 Å². The first-order chi connectivity index (χ1) is 9.40. The van der Waals surface area contributed by atoms with Gasteiger partial charge in [0.15, 0.2) is 0 Å². The van der Waals surface area contributed by atoms with Gasteiger partial charge in [0, 0.05) is 30.5 Å². The van der Waals surface area contributed by atoms with E-state index in [9.17, 15) is 0 Å². The number of hydrogen-bond donors (Lipinski definition) is 1. The first kappa shape index (κ1) is 15.2. The molecule has 0 aliphatic carbocycles. The number of nitrogens with zero attached hydrogens (tertiary/aromatic N) is 3. The van der Waals surface area contributed by atoms with Crippen molar-refractivity contribution < 1.29 is 0 Å². The Hall–Kier alpha value is -1.20. The van der Waals surface area contributed by atoms with Crippen LogP contribution in [-0.2, 0) is 0 Å². The highest BCUT2D eigenvalue weighted by atomic mass is 32.1. The second-order valence-electron chi connectivity index (χ2n) is 5.81. The van der Waals surface area contributed by atoms with E-state index >= 15 is 0 Å². The lowest BCUT2D eigenvalue weighted by Gasteiger charge is -2.38. The van der Waals surface area contributed by atoms with E-state index in [-0.39, 0.29) is 0 Å². The Labute approximate surface area is 127 Å². The maximum absolute atomic E-state index is 5.92. The molecule has 1 unspecified atom stereocenters. The summed E-state index contributed by atoms with van der Waals surface area (Å²) in [5.41, 5.74) is 9.95. The van der Waals surface area contributed by atoms with Gasteiger partial charge in [0.2, 0.25) is 0 Å². The fourth-order valence-electron chi connectivity index (χ4n) is 2.96. The Balaban J connectivity index is 2.38. The third-order valence-electron chi connectivity index (χ3n) is 4.02. The van der Waals surface area contributed by atoms with Crippen molar-refractivity contribution in [1.29, 1.82) is 0 Å². The number of aryl methyl sites for hydroxylation is 2. The second kappa shape index (κ2) is 6.06. The molecule has 0 saturated carbocycles. The zero-order valence-corrected chi connectivity index (χ0v) is 13.6. The molecule has 1 fully saturated rings. The molecule has 2 N–H and O–H groups in total. The van der Waals surface area contributed by atoms with Crippen LogP contribution in [0.2, 0.25) is 0 Å². The number of pyridine rings is 1. The fraction of sp³-hybridized carbons (Fsp3) is 0.600. The van der Waals surface area contributed by atoms with Crippen LogP contribution in [0.4, 0.5) is 5.69 Å². The van der Waals surface area contributed by atoms with E-state index in [0.717, 1.165) is 35.7 Å². The minimum Gasteiger partial charge on any atom is -0.389 e. The zero-order valence-electron chi connectivity index (χ0n) is 12.8. The molecule has 2 rings (SSSR count). The lowest BCUT2D eigenvalue weighted by molar-refractivity contribution is 0.258. The highest BCUT2D eigenvalue weighted by molar-refractivity contribution is 7.80. The Morgan fingerprint density at radius 1 is 1.45 bits per heavy atom. The monoisotopic (exact) mass is 292 g/mol. The largest absolute Gasteiger partial charge is 0.389 e. The van der Waals surface area contributed by atoms with Gasteiger partial charge in [-0.3, -0.25) is 4.98 Å². The van der Waals surface area contributed by atoms with E-state index in [1.807, 2.05) is 13.8 Å². The number of hydrogen-bond acceptors (Lipinski definition) is 4. The van der Waals surface area contributed by atoms with Crippen molar-refractivity contribution in [2.45, 2.75) is 32.7 Å². The molecular formula is C15H24N4S. The molecule has 1 aliphatic rings. The highest BCUT2D eigenvalue weighted by Crippen LogP contribution is 2.27. The maximum atomic E-state index is 5.92. The minimum absolute atomic E-state index is 0.442. The molecule has 4 nitrogen and oxygen atoms in total. The summed E-state index contributed by atoms with van der Waals surface area (Å²) in [4.78, 5) is 9.65. The first-order valence-electron chi connectivity index (χ1n) is 7.09. The molecule has 1 aromatic heterocycles. The van der Waals surface area contributed by atoms with E-state index in [1.54, 1.807) is 0 Å².